The lowest BCUT2D eigenvalue weighted by Gasteiger charge is -2.26. The Labute approximate surface area is 131 Å². The molecule has 0 unspecified atom stereocenters. The first-order valence-electron chi connectivity index (χ1n) is 6.59. The average Bonchev–Trinajstić information content (AvgIpc) is 3.20. The Hall–Kier alpha value is -1.59. The van der Waals surface area contributed by atoms with Gasteiger partial charge in [-0.1, -0.05) is 23.2 Å². The fourth-order valence-corrected chi connectivity index (χ4v) is 2.76. The molecule has 0 radical (unpaired) electrons. The minimum atomic E-state index is -0.730. The molecule has 3 amide bonds. The van der Waals surface area contributed by atoms with E-state index in [2.05, 4.69) is 5.32 Å². The largest absolute Gasteiger partial charge is 0.323 e. The fraction of sp³-hybridized carbons (Fsp3) is 0.357. The summed E-state index contributed by atoms with van der Waals surface area (Å²) in [7, 11) is 0. The Morgan fingerprint density at radius 2 is 1.90 bits per heavy atom. The fourth-order valence-electron chi connectivity index (χ4n) is 2.46. The van der Waals surface area contributed by atoms with Crippen molar-refractivity contribution < 1.29 is 14.4 Å². The minimum Gasteiger partial charge on any atom is -0.323 e. The third kappa shape index (κ3) is 2.76. The van der Waals surface area contributed by atoms with E-state index in [9.17, 15) is 14.4 Å². The molecule has 7 heteroatoms. The molecule has 1 atom stereocenters. The lowest BCUT2D eigenvalue weighted by molar-refractivity contribution is -0.126. The van der Waals surface area contributed by atoms with Gasteiger partial charge in [-0.15, -0.1) is 0 Å². The molecule has 3 rings (SSSR count). The molecular formula is C14H12Cl2N2O3. The molecule has 2 fully saturated rings. The smallest absolute Gasteiger partial charge is 0.254 e. The third-order valence-electron chi connectivity index (χ3n) is 3.62. The number of carbonyl (C=O) groups excluding carboxylic acids is 3. The van der Waals surface area contributed by atoms with E-state index in [1.54, 1.807) is 12.1 Å². The first kappa shape index (κ1) is 14.4. The van der Waals surface area contributed by atoms with Crippen LogP contribution in [0, 0.1) is 0 Å². The monoisotopic (exact) mass is 326 g/mol. The standard InChI is InChI=1S/C14H12Cl2N2O3/c15-9-4-1-7(5-10(9)16)14(21)18(8-2-3-8)11-6-12(19)17-13(11)20/h1,4-5,8,11H,2-3,6H2,(H,17,19,20)/t11-/m1/s1. The van der Waals surface area contributed by atoms with Crippen molar-refractivity contribution in [1.29, 1.82) is 0 Å². The second-order valence-electron chi connectivity index (χ2n) is 5.20. The lowest BCUT2D eigenvalue weighted by Crippen LogP contribution is -2.45. The summed E-state index contributed by atoms with van der Waals surface area (Å²) in [6, 6.07) is 3.87. The van der Waals surface area contributed by atoms with Crippen LogP contribution in [-0.4, -0.2) is 34.7 Å². The van der Waals surface area contributed by atoms with E-state index in [-0.39, 0.29) is 29.3 Å². The number of hydrogen-bond donors (Lipinski definition) is 1. The molecule has 1 aliphatic heterocycles. The van der Waals surface area contributed by atoms with E-state index in [0.29, 0.717) is 10.6 Å². The van der Waals surface area contributed by atoms with Gasteiger partial charge in [0.15, 0.2) is 0 Å². The SMILES string of the molecule is O=C1C[C@@H](N(C(=O)c2ccc(Cl)c(Cl)c2)C2CC2)C(=O)N1. The van der Waals surface area contributed by atoms with Gasteiger partial charge in [0, 0.05) is 11.6 Å². The molecule has 0 aromatic heterocycles. The van der Waals surface area contributed by atoms with Gasteiger partial charge >= 0.3 is 0 Å². The Morgan fingerprint density at radius 1 is 1.19 bits per heavy atom. The topological polar surface area (TPSA) is 66.5 Å². The van der Waals surface area contributed by atoms with Crippen molar-refractivity contribution in [3.8, 4) is 0 Å². The third-order valence-corrected chi connectivity index (χ3v) is 4.36. The van der Waals surface area contributed by atoms with Crippen molar-refractivity contribution in [1.82, 2.24) is 10.2 Å². The molecule has 0 spiro atoms. The second kappa shape index (κ2) is 5.31. The van der Waals surface area contributed by atoms with Crippen molar-refractivity contribution in [2.75, 3.05) is 0 Å². The number of halogens is 2. The van der Waals surface area contributed by atoms with Crippen LogP contribution in [0.2, 0.25) is 10.0 Å². The van der Waals surface area contributed by atoms with E-state index < -0.39 is 11.9 Å². The maximum Gasteiger partial charge on any atom is 0.254 e. The zero-order chi connectivity index (χ0) is 15.1. The molecule has 1 aromatic rings. The number of amides is 3. The van der Waals surface area contributed by atoms with Gasteiger partial charge < -0.3 is 4.90 Å². The van der Waals surface area contributed by atoms with E-state index in [1.807, 2.05) is 0 Å². The number of nitrogens with one attached hydrogen (secondary N) is 1. The maximum atomic E-state index is 12.7. The Morgan fingerprint density at radius 3 is 2.43 bits per heavy atom. The van der Waals surface area contributed by atoms with Crippen LogP contribution in [0.1, 0.15) is 29.6 Å². The number of imide groups is 1. The van der Waals surface area contributed by atoms with Crippen molar-refractivity contribution in [3.63, 3.8) is 0 Å². The van der Waals surface area contributed by atoms with Gasteiger partial charge in [0.05, 0.1) is 16.5 Å². The molecule has 110 valence electrons. The molecule has 5 nitrogen and oxygen atoms in total. The van der Waals surface area contributed by atoms with Crippen LogP contribution in [0.5, 0.6) is 0 Å². The van der Waals surface area contributed by atoms with E-state index >= 15 is 0 Å². The summed E-state index contributed by atoms with van der Waals surface area (Å²) >= 11 is 11.8. The Bertz CT molecular complexity index is 643. The average molecular weight is 327 g/mol. The van der Waals surface area contributed by atoms with Crippen LogP contribution in [0.4, 0.5) is 0 Å². The zero-order valence-electron chi connectivity index (χ0n) is 10.9. The van der Waals surface area contributed by atoms with E-state index in [4.69, 9.17) is 23.2 Å². The van der Waals surface area contributed by atoms with Crippen molar-refractivity contribution >= 4 is 40.9 Å². The van der Waals surface area contributed by atoms with Gasteiger partial charge in [-0.2, -0.15) is 0 Å². The highest BCUT2D eigenvalue weighted by Crippen LogP contribution is 2.33. The molecule has 1 N–H and O–H groups in total. The number of hydrogen-bond acceptors (Lipinski definition) is 3. The van der Waals surface area contributed by atoms with Gasteiger partial charge in [-0.25, -0.2) is 0 Å². The van der Waals surface area contributed by atoms with Crippen molar-refractivity contribution in [2.24, 2.45) is 0 Å². The van der Waals surface area contributed by atoms with Gasteiger partial charge in [-0.3, -0.25) is 19.7 Å². The second-order valence-corrected chi connectivity index (χ2v) is 6.02. The Kier molecular flexibility index (Phi) is 3.63. The van der Waals surface area contributed by atoms with Gasteiger partial charge in [-0.05, 0) is 31.0 Å². The summed E-state index contributed by atoms with van der Waals surface area (Å²) in [4.78, 5) is 37.4. The summed E-state index contributed by atoms with van der Waals surface area (Å²) < 4.78 is 0. The maximum absolute atomic E-state index is 12.7. The summed E-state index contributed by atoms with van der Waals surface area (Å²) in [5.74, 6) is -1.07. The first-order valence-corrected chi connectivity index (χ1v) is 7.34. The number of benzene rings is 1. The minimum absolute atomic E-state index is 0.00797. The van der Waals surface area contributed by atoms with Gasteiger partial charge in [0.1, 0.15) is 6.04 Å². The summed E-state index contributed by atoms with van der Waals surface area (Å²) in [6.07, 6.45) is 1.69. The van der Waals surface area contributed by atoms with Crippen LogP contribution >= 0.6 is 23.2 Å². The quantitative estimate of drug-likeness (QED) is 0.864. The van der Waals surface area contributed by atoms with Gasteiger partial charge in [0.25, 0.3) is 5.91 Å². The van der Waals surface area contributed by atoms with Crippen LogP contribution in [-0.2, 0) is 9.59 Å². The molecule has 0 bridgehead atoms. The molecular weight excluding hydrogens is 315 g/mol. The lowest BCUT2D eigenvalue weighted by atomic mass is 10.1. The summed E-state index contributed by atoms with van der Waals surface area (Å²) in [5, 5.41) is 2.88. The van der Waals surface area contributed by atoms with Crippen LogP contribution < -0.4 is 5.32 Å². The van der Waals surface area contributed by atoms with Crippen molar-refractivity contribution in [3.05, 3.63) is 33.8 Å². The molecule has 1 heterocycles. The van der Waals surface area contributed by atoms with Crippen LogP contribution in [0.25, 0.3) is 0 Å². The van der Waals surface area contributed by atoms with Crippen molar-refractivity contribution in [2.45, 2.75) is 31.3 Å². The van der Waals surface area contributed by atoms with E-state index in [1.165, 1.54) is 11.0 Å². The molecule has 1 aliphatic carbocycles. The van der Waals surface area contributed by atoms with Crippen LogP contribution in [0.3, 0.4) is 0 Å². The first-order chi connectivity index (χ1) is 9.97. The Balaban J connectivity index is 1.90. The van der Waals surface area contributed by atoms with Crippen LogP contribution in [0.15, 0.2) is 18.2 Å². The summed E-state index contributed by atoms with van der Waals surface area (Å²) in [6.45, 7) is 0. The highest BCUT2D eigenvalue weighted by Gasteiger charge is 2.44. The zero-order valence-corrected chi connectivity index (χ0v) is 12.4. The number of rotatable bonds is 3. The molecule has 1 saturated carbocycles. The van der Waals surface area contributed by atoms with Gasteiger partial charge in [0.2, 0.25) is 11.8 Å². The van der Waals surface area contributed by atoms with E-state index in [0.717, 1.165) is 12.8 Å². The molecule has 2 aliphatic rings. The summed E-state index contributed by atoms with van der Waals surface area (Å²) in [5.41, 5.74) is 0.364. The molecule has 21 heavy (non-hydrogen) atoms. The number of carbonyl (C=O) groups is 3. The highest BCUT2D eigenvalue weighted by atomic mass is 35.5. The predicted molar refractivity (Wildman–Crippen MR) is 77.2 cm³/mol. The predicted octanol–water partition coefficient (Wildman–Crippen LogP) is 2.01. The highest BCUT2D eigenvalue weighted by molar-refractivity contribution is 6.42. The number of nitrogens with zero attached hydrogens (tertiary/aromatic N) is 1. The molecule has 1 aromatic carbocycles. The molecule has 1 saturated heterocycles. The normalized spacial score (nSPS) is 21.3.